The van der Waals surface area contributed by atoms with Crippen LogP contribution in [0.5, 0.6) is 0 Å². The molecule has 5 aromatic rings. The van der Waals surface area contributed by atoms with Gasteiger partial charge in [0.15, 0.2) is 0 Å². The average molecular weight is 599 g/mol. The van der Waals surface area contributed by atoms with Crippen molar-refractivity contribution in [3.63, 3.8) is 0 Å². The zero-order valence-corrected chi connectivity index (χ0v) is 26.0. The smallest absolute Gasteiger partial charge is 0.411 e. The fourth-order valence-electron chi connectivity index (χ4n) is 8.44. The molecule has 4 fully saturated rings. The number of amides is 1. The molecule has 45 heavy (non-hydrogen) atoms. The Balaban J connectivity index is 0.940. The number of H-pyrrole nitrogens is 2. The zero-order valence-electron chi connectivity index (χ0n) is 26.0. The van der Waals surface area contributed by atoms with E-state index >= 15 is 0 Å². The second kappa shape index (κ2) is 8.97. The van der Waals surface area contributed by atoms with E-state index in [1.807, 2.05) is 25.7 Å². The molecule has 2 saturated heterocycles. The van der Waals surface area contributed by atoms with E-state index in [0.29, 0.717) is 18.0 Å². The summed E-state index contributed by atoms with van der Waals surface area (Å²) >= 11 is 0. The SMILES string of the molecule is CC(C)(C)OC(=O)N1C2CC2C[C@H]1c1nc2c([nH]1)CCc1cc(-c3ccc4c(ccc5[nH]c([C@@H]6CC7C[C@H]7N6)nc54)c3)ccc1-2. The summed E-state index contributed by atoms with van der Waals surface area (Å²) in [5.41, 5.74) is 8.82. The second-order valence-electron chi connectivity index (χ2n) is 15.1. The summed E-state index contributed by atoms with van der Waals surface area (Å²) in [6.07, 6.45) is 6.20. The first-order valence-electron chi connectivity index (χ1n) is 16.7. The number of imidazole rings is 2. The number of nitrogens with zero attached hydrogens (tertiary/aromatic N) is 3. The van der Waals surface area contributed by atoms with Crippen LogP contribution in [0.2, 0.25) is 0 Å². The van der Waals surface area contributed by atoms with E-state index in [-0.39, 0.29) is 18.2 Å². The largest absolute Gasteiger partial charge is 0.444 e. The molecule has 3 N–H and O–H groups in total. The molecule has 0 radical (unpaired) electrons. The maximum atomic E-state index is 13.2. The van der Waals surface area contributed by atoms with Crippen molar-refractivity contribution in [2.24, 2.45) is 11.8 Å². The van der Waals surface area contributed by atoms with E-state index in [2.05, 4.69) is 63.8 Å². The molecule has 3 aromatic carbocycles. The number of ether oxygens (including phenoxy) is 1. The molecule has 0 spiro atoms. The van der Waals surface area contributed by atoms with E-state index in [0.717, 1.165) is 60.0 Å². The minimum Gasteiger partial charge on any atom is -0.444 e. The summed E-state index contributed by atoms with van der Waals surface area (Å²) < 4.78 is 5.80. The Hall–Kier alpha value is -4.17. The van der Waals surface area contributed by atoms with E-state index in [9.17, 15) is 4.79 Å². The first kappa shape index (κ1) is 26.1. The Morgan fingerprint density at radius 1 is 0.889 bits per heavy atom. The number of likely N-dealkylation sites (tertiary alicyclic amines) is 1. The van der Waals surface area contributed by atoms with Gasteiger partial charge in [-0.25, -0.2) is 14.8 Å². The molecule has 5 aliphatic rings. The highest BCUT2D eigenvalue weighted by atomic mass is 16.6. The lowest BCUT2D eigenvalue weighted by atomic mass is 9.89. The van der Waals surface area contributed by atoms with Crippen LogP contribution in [0.25, 0.3) is 44.2 Å². The Morgan fingerprint density at radius 2 is 1.76 bits per heavy atom. The van der Waals surface area contributed by atoms with Gasteiger partial charge in [0.25, 0.3) is 0 Å². The van der Waals surface area contributed by atoms with Gasteiger partial charge in [-0.15, -0.1) is 0 Å². The highest BCUT2D eigenvalue weighted by Crippen LogP contribution is 2.54. The zero-order chi connectivity index (χ0) is 30.2. The van der Waals surface area contributed by atoms with Crippen molar-refractivity contribution in [1.82, 2.24) is 30.2 Å². The third kappa shape index (κ3) is 4.18. The first-order chi connectivity index (χ1) is 21.8. The van der Waals surface area contributed by atoms with Crippen molar-refractivity contribution >= 4 is 27.9 Å². The number of carbonyl (C=O) groups excluding carboxylic acids is 1. The lowest BCUT2D eigenvalue weighted by Crippen LogP contribution is -2.38. The van der Waals surface area contributed by atoms with Gasteiger partial charge in [-0.1, -0.05) is 36.4 Å². The predicted molar refractivity (Wildman–Crippen MR) is 174 cm³/mol. The van der Waals surface area contributed by atoms with Crippen molar-refractivity contribution < 1.29 is 9.53 Å². The molecule has 4 heterocycles. The van der Waals surface area contributed by atoms with E-state index in [1.54, 1.807) is 0 Å². The molecule has 10 rings (SSSR count). The molecule has 2 aromatic heterocycles. The third-order valence-corrected chi connectivity index (χ3v) is 10.9. The highest BCUT2D eigenvalue weighted by Gasteiger charge is 2.56. The van der Waals surface area contributed by atoms with Crippen LogP contribution in [0.3, 0.4) is 0 Å². The van der Waals surface area contributed by atoms with Crippen LogP contribution in [0.1, 0.15) is 81.4 Å². The van der Waals surface area contributed by atoms with Crippen LogP contribution in [-0.2, 0) is 17.6 Å². The van der Waals surface area contributed by atoms with E-state index in [4.69, 9.17) is 14.7 Å². The lowest BCUT2D eigenvalue weighted by molar-refractivity contribution is 0.0175. The number of aromatic nitrogens is 4. The van der Waals surface area contributed by atoms with Gasteiger partial charge in [0, 0.05) is 28.7 Å². The Labute approximate surface area is 262 Å². The molecule has 228 valence electrons. The molecule has 8 nitrogen and oxygen atoms in total. The van der Waals surface area contributed by atoms with Crippen LogP contribution in [0.4, 0.5) is 4.79 Å². The summed E-state index contributed by atoms with van der Waals surface area (Å²) in [6.45, 7) is 5.79. The van der Waals surface area contributed by atoms with E-state index in [1.165, 1.54) is 51.6 Å². The molecule has 3 unspecified atom stereocenters. The minimum atomic E-state index is -0.514. The lowest BCUT2D eigenvalue weighted by Gasteiger charge is -2.29. The van der Waals surface area contributed by atoms with Crippen molar-refractivity contribution in [3.05, 3.63) is 71.4 Å². The summed E-state index contributed by atoms with van der Waals surface area (Å²) in [5, 5.41) is 6.13. The molecule has 1 amide bonds. The standard InChI is InChI=1S/C37H38N6O2/c1-37(2,3)45-36(44)43-30-16-23(30)17-31(43)35-40-27-11-7-21-13-19(5-9-25(21)33(27)42-35)18-4-8-24-20(12-18)6-10-26-32(24)41-34(39-26)29-15-22-14-28(22)38-29/h4-6,8-10,12-13,22-23,28-31,38H,7,11,14-17H2,1-3H3,(H,39,41)(H,40,42)/t22?,23?,28-,29+,30?,31+/m1/s1. The number of rotatable bonds is 3. The van der Waals surface area contributed by atoms with Crippen molar-refractivity contribution in [2.45, 2.75) is 89.1 Å². The molecular weight excluding hydrogens is 560 g/mol. The van der Waals surface area contributed by atoms with Gasteiger partial charge < -0.3 is 20.0 Å². The third-order valence-electron chi connectivity index (χ3n) is 10.9. The van der Waals surface area contributed by atoms with Crippen molar-refractivity contribution in [2.75, 3.05) is 0 Å². The highest BCUT2D eigenvalue weighted by molar-refractivity contribution is 6.05. The predicted octanol–water partition coefficient (Wildman–Crippen LogP) is 7.37. The monoisotopic (exact) mass is 598 g/mol. The van der Waals surface area contributed by atoms with E-state index < -0.39 is 5.60 Å². The van der Waals surface area contributed by atoms with Crippen LogP contribution < -0.4 is 5.32 Å². The molecular formula is C37H38N6O2. The summed E-state index contributed by atoms with van der Waals surface area (Å²) in [6, 6.07) is 19.2. The van der Waals surface area contributed by atoms with Gasteiger partial charge in [-0.2, -0.15) is 0 Å². The number of aromatic amines is 2. The average Bonchev–Trinajstić information content (AvgIpc) is 3.63. The second-order valence-corrected chi connectivity index (χ2v) is 15.1. The maximum Gasteiger partial charge on any atom is 0.411 e. The van der Waals surface area contributed by atoms with Gasteiger partial charge in [-0.3, -0.25) is 4.90 Å². The fraction of sp³-hybridized carbons (Fsp3) is 0.432. The normalized spacial score (nSPS) is 27.8. The topological polar surface area (TPSA) is 98.9 Å². The number of hydrogen-bond acceptors (Lipinski definition) is 5. The maximum absolute atomic E-state index is 13.2. The molecule has 8 heteroatoms. The molecule has 2 aliphatic heterocycles. The number of benzene rings is 3. The van der Waals surface area contributed by atoms with Crippen LogP contribution in [-0.4, -0.2) is 48.6 Å². The van der Waals surface area contributed by atoms with Gasteiger partial charge in [0.05, 0.1) is 28.8 Å². The number of fused-ring (bicyclic) bond motifs is 8. The Bertz CT molecular complexity index is 2040. The van der Waals surface area contributed by atoms with Crippen molar-refractivity contribution in [1.29, 1.82) is 0 Å². The quantitative estimate of drug-likeness (QED) is 0.202. The molecule has 2 saturated carbocycles. The van der Waals surface area contributed by atoms with Crippen molar-refractivity contribution in [3.8, 4) is 22.4 Å². The van der Waals surface area contributed by atoms with Gasteiger partial charge in [-0.05, 0) is 105 Å². The van der Waals surface area contributed by atoms with Crippen LogP contribution in [0, 0.1) is 11.8 Å². The molecule has 6 atom stereocenters. The Morgan fingerprint density at radius 3 is 2.60 bits per heavy atom. The first-order valence-corrected chi connectivity index (χ1v) is 16.7. The summed E-state index contributed by atoms with van der Waals surface area (Å²) in [7, 11) is 0. The number of nitrogens with one attached hydrogen (secondary N) is 3. The number of carbonyl (C=O) groups is 1. The summed E-state index contributed by atoms with van der Waals surface area (Å²) in [4.78, 5) is 32.6. The Kier molecular flexibility index (Phi) is 5.20. The minimum absolute atomic E-state index is 0.0494. The van der Waals surface area contributed by atoms with Crippen LogP contribution >= 0.6 is 0 Å². The fourth-order valence-corrected chi connectivity index (χ4v) is 8.44. The summed E-state index contributed by atoms with van der Waals surface area (Å²) in [5.74, 6) is 3.38. The molecule has 3 aliphatic carbocycles. The van der Waals surface area contributed by atoms with Crippen LogP contribution in [0.15, 0.2) is 48.5 Å². The van der Waals surface area contributed by atoms with Gasteiger partial charge in [0.1, 0.15) is 17.2 Å². The number of piperidine rings is 2. The number of aryl methyl sites for hydroxylation is 2. The van der Waals surface area contributed by atoms with Gasteiger partial charge >= 0.3 is 6.09 Å². The molecule has 0 bridgehead atoms. The van der Waals surface area contributed by atoms with Gasteiger partial charge in [0.2, 0.25) is 0 Å². The number of hydrogen-bond donors (Lipinski definition) is 3.